The number of β-amino-alcohol motifs (C(OH)–C–C–N with tert-alkyl or cyclic N) is 1. The molecule has 3 nitrogen and oxygen atoms in total. The average Bonchev–Trinajstić information content (AvgIpc) is 2.80. The van der Waals surface area contributed by atoms with Crippen molar-refractivity contribution in [3.8, 4) is 0 Å². The molecule has 34 heavy (non-hydrogen) atoms. The number of hydrogen-bond donors (Lipinski definition) is 1. The Morgan fingerprint density at radius 1 is 0.824 bits per heavy atom. The van der Waals surface area contributed by atoms with Crippen molar-refractivity contribution in [2.24, 2.45) is 0 Å². The van der Waals surface area contributed by atoms with Crippen LogP contribution in [-0.4, -0.2) is 30.5 Å². The van der Waals surface area contributed by atoms with E-state index in [1.165, 1.54) is 11.0 Å². The molecule has 9 heteroatoms. The average molecular weight is 480 g/mol. The smallest absolute Gasteiger partial charge is 0.382 e. The Bertz CT molecular complexity index is 1120. The second-order valence-corrected chi connectivity index (χ2v) is 8.20. The second-order valence-electron chi connectivity index (χ2n) is 8.20. The van der Waals surface area contributed by atoms with Crippen LogP contribution in [0.5, 0.6) is 0 Å². The van der Waals surface area contributed by atoms with Gasteiger partial charge in [0.25, 0.3) is 0 Å². The molecule has 0 aliphatic carbocycles. The Hall–Kier alpha value is -3.20. The number of hydrogen-bond acceptors (Lipinski definition) is 3. The van der Waals surface area contributed by atoms with Crippen molar-refractivity contribution in [2.75, 3.05) is 22.9 Å². The highest BCUT2D eigenvalue weighted by atomic mass is 19.4. The van der Waals surface area contributed by atoms with E-state index in [1.807, 2.05) is 4.90 Å². The van der Waals surface area contributed by atoms with E-state index in [9.17, 15) is 31.4 Å². The van der Waals surface area contributed by atoms with Gasteiger partial charge in [0.1, 0.15) is 0 Å². The molecule has 1 aliphatic heterocycles. The summed E-state index contributed by atoms with van der Waals surface area (Å²) in [6.07, 6.45) is -11.8. The molecule has 1 heterocycles. The molecular weight excluding hydrogens is 458 g/mol. The highest BCUT2D eigenvalue weighted by Gasteiger charge is 2.42. The minimum atomic E-state index is -4.79. The van der Waals surface area contributed by atoms with Crippen molar-refractivity contribution in [3.63, 3.8) is 0 Å². The molecule has 0 unspecified atom stereocenters. The summed E-state index contributed by atoms with van der Waals surface area (Å²) in [6.45, 7) is -0.306. The van der Waals surface area contributed by atoms with E-state index in [0.717, 1.165) is 17.7 Å². The summed E-state index contributed by atoms with van der Waals surface area (Å²) < 4.78 is 79.3. The van der Waals surface area contributed by atoms with Gasteiger partial charge in [0.15, 0.2) is 6.10 Å². The maximum Gasteiger partial charge on any atom is 0.416 e. The minimum Gasteiger partial charge on any atom is -0.382 e. The van der Waals surface area contributed by atoms with Crippen LogP contribution in [0.2, 0.25) is 0 Å². The number of aliphatic hydroxyl groups excluding tert-OH is 1. The highest BCUT2D eigenvalue weighted by molar-refractivity contribution is 5.74. The maximum atomic E-state index is 13.2. The van der Waals surface area contributed by atoms with Crippen molar-refractivity contribution in [3.05, 3.63) is 95.6 Å². The summed E-state index contributed by atoms with van der Waals surface area (Å²) >= 11 is 0. The van der Waals surface area contributed by atoms with Crippen molar-refractivity contribution in [1.82, 2.24) is 0 Å². The largest absolute Gasteiger partial charge is 0.416 e. The lowest BCUT2D eigenvalue weighted by Crippen LogP contribution is -2.49. The number of nitrogens with zero attached hydrogens (tertiary/aromatic N) is 2. The molecule has 0 aromatic heterocycles. The van der Waals surface area contributed by atoms with Gasteiger partial charge in [-0.25, -0.2) is 0 Å². The summed E-state index contributed by atoms with van der Waals surface area (Å²) in [5, 5.41) is 9.85. The molecule has 0 spiro atoms. The first-order valence-electron chi connectivity index (χ1n) is 10.6. The molecule has 4 rings (SSSR count). The normalized spacial score (nSPS) is 17.4. The number of para-hydroxylation sites is 2. The Morgan fingerprint density at radius 2 is 1.47 bits per heavy atom. The first kappa shape index (κ1) is 23.9. The third kappa shape index (κ3) is 5.14. The number of alkyl halides is 6. The Labute approximate surface area is 192 Å². The summed E-state index contributed by atoms with van der Waals surface area (Å²) in [4.78, 5) is 3.38. The first-order valence-corrected chi connectivity index (χ1v) is 10.6. The Morgan fingerprint density at radius 3 is 2.12 bits per heavy atom. The fraction of sp³-hybridized carbons (Fsp3) is 0.280. The molecule has 1 N–H and O–H groups in total. The molecule has 3 aromatic carbocycles. The van der Waals surface area contributed by atoms with Crippen LogP contribution < -0.4 is 9.80 Å². The van der Waals surface area contributed by atoms with Crippen LogP contribution in [0.25, 0.3) is 0 Å². The van der Waals surface area contributed by atoms with Gasteiger partial charge >= 0.3 is 12.4 Å². The predicted molar refractivity (Wildman–Crippen MR) is 118 cm³/mol. The summed E-state index contributed by atoms with van der Waals surface area (Å²) in [6, 6.07) is 20.1. The molecule has 0 amide bonds. The van der Waals surface area contributed by atoms with Crippen LogP contribution in [0, 0.1) is 0 Å². The van der Waals surface area contributed by atoms with Gasteiger partial charge in [-0.1, -0.05) is 54.6 Å². The number of anilines is 2. The van der Waals surface area contributed by atoms with Gasteiger partial charge in [0, 0.05) is 13.1 Å². The Balaban J connectivity index is 1.74. The van der Waals surface area contributed by atoms with Crippen LogP contribution in [0.15, 0.2) is 78.9 Å². The molecule has 3 aromatic rings. The zero-order valence-corrected chi connectivity index (χ0v) is 17.9. The molecule has 0 fully saturated rings. The van der Waals surface area contributed by atoms with Crippen molar-refractivity contribution in [1.29, 1.82) is 0 Å². The number of benzene rings is 3. The SMILES string of the molecule is O[C@H](CN1c2ccccc2N(Cc2cccc(C(F)(F)F)c2)C[C@H]1c1ccccc1)C(F)(F)F. The maximum absolute atomic E-state index is 13.2. The van der Waals surface area contributed by atoms with Crippen molar-refractivity contribution >= 4 is 11.4 Å². The molecular formula is C25H22F6N2O. The number of rotatable bonds is 5. The van der Waals surface area contributed by atoms with E-state index in [-0.39, 0.29) is 13.1 Å². The fourth-order valence-corrected chi connectivity index (χ4v) is 4.24. The van der Waals surface area contributed by atoms with E-state index in [4.69, 9.17) is 0 Å². The summed E-state index contributed by atoms with van der Waals surface area (Å²) in [5.41, 5.74) is 1.46. The zero-order valence-electron chi connectivity index (χ0n) is 17.9. The van der Waals surface area contributed by atoms with Gasteiger partial charge in [-0.15, -0.1) is 0 Å². The van der Waals surface area contributed by atoms with Crippen LogP contribution in [0.1, 0.15) is 22.7 Å². The van der Waals surface area contributed by atoms with Gasteiger partial charge in [-0.3, -0.25) is 0 Å². The van der Waals surface area contributed by atoms with E-state index in [1.54, 1.807) is 60.7 Å². The minimum absolute atomic E-state index is 0.139. The van der Waals surface area contributed by atoms with E-state index >= 15 is 0 Å². The van der Waals surface area contributed by atoms with Crippen LogP contribution >= 0.6 is 0 Å². The number of aliphatic hydroxyl groups is 1. The molecule has 0 saturated heterocycles. The van der Waals surface area contributed by atoms with E-state index in [2.05, 4.69) is 0 Å². The number of halogens is 6. The molecule has 0 radical (unpaired) electrons. The summed E-state index contributed by atoms with van der Waals surface area (Å²) in [7, 11) is 0. The first-order chi connectivity index (χ1) is 16.0. The highest BCUT2D eigenvalue weighted by Crippen LogP contribution is 2.42. The molecule has 1 aliphatic rings. The number of fused-ring (bicyclic) bond motifs is 1. The molecule has 2 atom stereocenters. The van der Waals surface area contributed by atoms with Gasteiger partial charge in [-0.05, 0) is 35.4 Å². The third-order valence-corrected chi connectivity index (χ3v) is 5.86. The molecule has 180 valence electrons. The van der Waals surface area contributed by atoms with E-state index < -0.39 is 36.6 Å². The molecule has 0 bridgehead atoms. The lowest BCUT2D eigenvalue weighted by atomic mass is 9.98. The fourth-order valence-electron chi connectivity index (χ4n) is 4.24. The second kappa shape index (κ2) is 9.21. The third-order valence-electron chi connectivity index (χ3n) is 5.86. The van der Waals surface area contributed by atoms with Crippen LogP contribution in [0.3, 0.4) is 0 Å². The van der Waals surface area contributed by atoms with Crippen molar-refractivity contribution in [2.45, 2.75) is 31.0 Å². The van der Waals surface area contributed by atoms with Crippen LogP contribution in [0.4, 0.5) is 37.7 Å². The van der Waals surface area contributed by atoms with Gasteiger partial charge in [0.05, 0.1) is 29.5 Å². The van der Waals surface area contributed by atoms with Crippen LogP contribution in [-0.2, 0) is 12.7 Å². The van der Waals surface area contributed by atoms with Gasteiger partial charge in [-0.2, -0.15) is 26.3 Å². The van der Waals surface area contributed by atoms with Crippen molar-refractivity contribution < 1.29 is 31.4 Å². The van der Waals surface area contributed by atoms with E-state index in [0.29, 0.717) is 16.9 Å². The quantitative estimate of drug-likeness (QED) is 0.441. The topological polar surface area (TPSA) is 26.7 Å². The monoisotopic (exact) mass is 480 g/mol. The predicted octanol–water partition coefficient (Wildman–Crippen LogP) is 6.20. The standard InChI is InChI=1S/C25H22F6N2O/c26-24(27,28)19-10-6-7-17(13-19)14-32-15-22(18-8-2-1-3-9-18)33(16-23(34)25(29,30)31)21-12-5-4-11-20(21)32/h1-13,22-23,34H,14-16H2/t22-,23+/m0/s1. The zero-order chi connectivity index (χ0) is 24.5. The van der Waals surface area contributed by atoms with Gasteiger partial charge in [0.2, 0.25) is 0 Å². The Kier molecular flexibility index (Phi) is 6.49. The summed E-state index contributed by atoms with van der Waals surface area (Å²) in [5.74, 6) is 0. The van der Waals surface area contributed by atoms with Gasteiger partial charge < -0.3 is 14.9 Å². The lowest BCUT2D eigenvalue weighted by Gasteiger charge is -2.45. The molecule has 0 saturated carbocycles. The lowest BCUT2D eigenvalue weighted by molar-refractivity contribution is -0.200.